The second-order valence-corrected chi connectivity index (χ2v) is 5.04. The maximum atomic E-state index is 13.2. The third-order valence-electron chi connectivity index (χ3n) is 3.41. The van der Waals surface area contributed by atoms with Crippen molar-refractivity contribution >= 4 is 0 Å². The molecule has 0 aliphatic carbocycles. The Kier molecular flexibility index (Phi) is 5.24. The predicted octanol–water partition coefficient (Wildman–Crippen LogP) is 3.81. The first-order valence-corrected chi connectivity index (χ1v) is 7.10. The molecule has 0 fully saturated rings. The van der Waals surface area contributed by atoms with E-state index in [1.165, 1.54) is 6.07 Å². The molecule has 3 heteroatoms. The van der Waals surface area contributed by atoms with E-state index in [1.807, 2.05) is 37.4 Å². The predicted molar refractivity (Wildman–Crippen MR) is 80.1 cm³/mol. The summed E-state index contributed by atoms with van der Waals surface area (Å²) in [4.78, 5) is 4.44. The van der Waals surface area contributed by atoms with Crippen LogP contribution in [0.4, 0.5) is 4.39 Å². The number of hydrogen-bond acceptors (Lipinski definition) is 2. The molecule has 0 aliphatic heterocycles. The number of nitrogens with one attached hydrogen (secondary N) is 1. The fourth-order valence-electron chi connectivity index (χ4n) is 2.29. The van der Waals surface area contributed by atoms with Crippen LogP contribution in [0.15, 0.2) is 42.6 Å². The van der Waals surface area contributed by atoms with Gasteiger partial charge in [-0.2, -0.15) is 0 Å². The van der Waals surface area contributed by atoms with Gasteiger partial charge in [0.15, 0.2) is 0 Å². The van der Waals surface area contributed by atoms with E-state index >= 15 is 0 Å². The van der Waals surface area contributed by atoms with E-state index < -0.39 is 0 Å². The van der Waals surface area contributed by atoms with E-state index in [4.69, 9.17) is 0 Å². The quantitative estimate of drug-likeness (QED) is 0.865. The summed E-state index contributed by atoms with van der Waals surface area (Å²) in [6.45, 7) is 5.04. The monoisotopic (exact) mass is 272 g/mol. The van der Waals surface area contributed by atoms with Crippen molar-refractivity contribution < 1.29 is 4.39 Å². The lowest BCUT2D eigenvalue weighted by atomic mass is 9.98. The molecule has 1 N–H and O–H groups in total. The van der Waals surface area contributed by atoms with E-state index in [0.29, 0.717) is 0 Å². The molecule has 0 spiro atoms. The van der Waals surface area contributed by atoms with Gasteiger partial charge in [-0.15, -0.1) is 0 Å². The molecule has 2 rings (SSSR count). The normalized spacial score (nSPS) is 12.3. The summed E-state index contributed by atoms with van der Waals surface area (Å²) in [6.07, 6.45) is 3.71. The SMILES string of the molecule is CCCNC(Cc1ccc(F)cc1C)c1ccccn1. The molecule has 0 saturated heterocycles. The van der Waals surface area contributed by atoms with Crippen LogP contribution in [0.2, 0.25) is 0 Å². The molecule has 1 aromatic carbocycles. The van der Waals surface area contributed by atoms with Gasteiger partial charge in [-0.25, -0.2) is 4.39 Å². The van der Waals surface area contributed by atoms with Crippen LogP contribution in [0.1, 0.15) is 36.2 Å². The number of nitrogens with zero attached hydrogens (tertiary/aromatic N) is 1. The molecule has 1 unspecified atom stereocenters. The largest absolute Gasteiger partial charge is 0.308 e. The maximum absolute atomic E-state index is 13.2. The number of halogens is 1. The van der Waals surface area contributed by atoms with Crippen LogP contribution in [0, 0.1) is 12.7 Å². The Labute approximate surface area is 120 Å². The molecular weight excluding hydrogens is 251 g/mol. The summed E-state index contributed by atoms with van der Waals surface area (Å²) in [5.74, 6) is -0.179. The number of hydrogen-bond donors (Lipinski definition) is 1. The van der Waals surface area contributed by atoms with Crippen molar-refractivity contribution in [2.75, 3.05) is 6.54 Å². The minimum atomic E-state index is -0.179. The minimum absolute atomic E-state index is 0.167. The maximum Gasteiger partial charge on any atom is 0.123 e. The van der Waals surface area contributed by atoms with Gasteiger partial charge in [-0.1, -0.05) is 19.1 Å². The van der Waals surface area contributed by atoms with Gasteiger partial charge >= 0.3 is 0 Å². The van der Waals surface area contributed by atoms with Crippen molar-refractivity contribution in [2.45, 2.75) is 32.7 Å². The Hall–Kier alpha value is -1.74. The fraction of sp³-hybridized carbons (Fsp3) is 0.353. The number of aryl methyl sites for hydroxylation is 1. The molecule has 20 heavy (non-hydrogen) atoms. The zero-order valence-corrected chi connectivity index (χ0v) is 12.1. The molecule has 1 heterocycles. The highest BCUT2D eigenvalue weighted by molar-refractivity contribution is 5.28. The molecule has 0 aliphatic rings. The Morgan fingerprint density at radius 1 is 1.25 bits per heavy atom. The highest BCUT2D eigenvalue weighted by Gasteiger charge is 2.14. The van der Waals surface area contributed by atoms with Gasteiger partial charge in [0.25, 0.3) is 0 Å². The molecule has 0 amide bonds. The zero-order chi connectivity index (χ0) is 14.4. The number of aromatic nitrogens is 1. The van der Waals surface area contributed by atoms with Crippen molar-refractivity contribution in [3.63, 3.8) is 0 Å². The summed E-state index contributed by atoms with van der Waals surface area (Å²) in [6, 6.07) is 11.1. The van der Waals surface area contributed by atoms with Gasteiger partial charge in [0.2, 0.25) is 0 Å². The summed E-state index contributed by atoms with van der Waals surface area (Å²) < 4.78 is 13.2. The Bertz CT molecular complexity index is 540. The van der Waals surface area contributed by atoms with Crippen LogP contribution >= 0.6 is 0 Å². The highest BCUT2D eigenvalue weighted by Crippen LogP contribution is 2.19. The first kappa shape index (κ1) is 14.7. The van der Waals surface area contributed by atoms with Crippen LogP contribution < -0.4 is 5.32 Å². The zero-order valence-electron chi connectivity index (χ0n) is 12.1. The summed E-state index contributed by atoms with van der Waals surface area (Å²) >= 11 is 0. The van der Waals surface area contributed by atoms with Crippen molar-refractivity contribution in [2.24, 2.45) is 0 Å². The number of pyridine rings is 1. The average molecular weight is 272 g/mol. The number of benzene rings is 1. The average Bonchev–Trinajstić information content (AvgIpc) is 2.46. The topological polar surface area (TPSA) is 24.9 Å². The smallest absolute Gasteiger partial charge is 0.123 e. The number of rotatable bonds is 6. The molecule has 2 nitrogen and oxygen atoms in total. The van der Waals surface area contributed by atoms with Crippen molar-refractivity contribution in [3.05, 3.63) is 65.2 Å². The Balaban J connectivity index is 2.19. The van der Waals surface area contributed by atoms with E-state index in [1.54, 1.807) is 6.07 Å². The Morgan fingerprint density at radius 3 is 2.75 bits per heavy atom. The Morgan fingerprint density at radius 2 is 2.10 bits per heavy atom. The van der Waals surface area contributed by atoms with E-state index in [0.717, 1.165) is 36.2 Å². The van der Waals surface area contributed by atoms with Crippen LogP contribution in [-0.2, 0) is 6.42 Å². The molecule has 2 aromatic rings. The van der Waals surface area contributed by atoms with Crippen LogP contribution in [-0.4, -0.2) is 11.5 Å². The van der Waals surface area contributed by atoms with Crippen LogP contribution in [0.3, 0.4) is 0 Å². The van der Waals surface area contributed by atoms with Gasteiger partial charge in [-0.05, 0) is 61.7 Å². The van der Waals surface area contributed by atoms with E-state index in [9.17, 15) is 4.39 Å². The highest BCUT2D eigenvalue weighted by atomic mass is 19.1. The molecule has 0 saturated carbocycles. The van der Waals surface area contributed by atoms with Gasteiger partial charge in [-0.3, -0.25) is 4.98 Å². The van der Waals surface area contributed by atoms with Gasteiger partial charge in [0.05, 0.1) is 11.7 Å². The molecular formula is C17H21FN2. The first-order valence-electron chi connectivity index (χ1n) is 7.10. The minimum Gasteiger partial charge on any atom is -0.308 e. The van der Waals surface area contributed by atoms with Crippen LogP contribution in [0.25, 0.3) is 0 Å². The third-order valence-corrected chi connectivity index (χ3v) is 3.41. The van der Waals surface area contributed by atoms with Gasteiger partial charge in [0.1, 0.15) is 5.82 Å². The second kappa shape index (κ2) is 7.15. The summed E-state index contributed by atoms with van der Waals surface area (Å²) in [5, 5.41) is 3.52. The van der Waals surface area contributed by atoms with Crippen molar-refractivity contribution in [1.29, 1.82) is 0 Å². The molecule has 0 bridgehead atoms. The van der Waals surface area contributed by atoms with E-state index in [2.05, 4.69) is 17.2 Å². The lowest BCUT2D eigenvalue weighted by Crippen LogP contribution is -2.25. The van der Waals surface area contributed by atoms with Crippen LogP contribution in [0.5, 0.6) is 0 Å². The van der Waals surface area contributed by atoms with Gasteiger partial charge < -0.3 is 5.32 Å². The first-order chi connectivity index (χ1) is 9.70. The lowest BCUT2D eigenvalue weighted by Gasteiger charge is -2.19. The fourth-order valence-corrected chi connectivity index (χ4v) is 2.29. The summed E-state index contributed by atoms with van der Waals surface area (Å²) in [5.41, 5.74) is 3.18. The molecule has 106 valence electrons. The van der Waals surface area contributed by atoms with Crippen molar-refractivity contribution in [1.82, 2.24) is 10.3 Å². The third kappa shape index (κ3) is 3.87. The molecule has 1 atom stereocenters. The molecule has 1 aromatic heterocycles. The molecule has 0 radical (unpaired) electrons. The van der Waals surface area contributed by atoms with E-state index in [-0.39, 0.29) is 11.9 Å². The lowest BCUT2D eigenvalue weighted by molar-refractivity contribution is 0.516. The van der Waals surface area contributed by atoms with Gasteiger partial charge in [0, 0.05) is 6.20 Å². The summed E-state index contributed by atoms with van der Waals surface area (Å²) in [7, 11) is 0. The van der Waals surface area contributed by atoms with Crippen molar-refractivity contribution in [3.8, 4) is 0 Å². The second-order valence-electron chi connectivity index (χ2n) is 5.04. The standard InChI is InChI=1S/C17H21FN2/c1-3-9-19-17(16-6-4-5-10-20-16)12-14-7-8-15(18)11-13(14)2/h4-8,10-11,17,19H,3,9,12H2,1-2H3.